The Morgan fingerprint density at radius 1 is 1.14 bits per heavy atom. The summed E-state index contributed by atoms with van der Waals surface area (Å²) in [5.74, 6) is 0. The van der Waals surface area contributed by atoms with Crippen molar-refractivity contribution in [3.05, 3.63) is 36.4 Å². The van der Waals surface area contributed by atoms with E-state index in [0.29, 0.717) is 16.8 Å². The lowest BCUT2D eigenvalue weighted by molar-refractivity contribution is 0.587. The van der Waals surface area contributed by atoms with Crippen LogP contribution in [0.3, 0.4) is 0 Å². The molecule has 2 aromatic carbocycles. The van der Waals surface area contributed by atoms with Crippen LogP contribution in [0.1, 0.15) is 6.92 Å². The van der Waals surface area contributed by atoms with Gasteiger partial charge in [-0.2, -0.15) is 0 Å². The highest BCUT2D eigenvalue weighted by Gasteiger charge is 2.17. The van der Waals surface area contributed by atoms with Gasteiger partial charge in [-0.25, -0.2) is 13.1 Å². The highest BCUT2D eigenvalue weighted by atomic mass is 32.2. The molecule has 0 aromatic heterocycles. The van der Waals surface area contributed by atoms with Gasteiger partial charge in [-0.1, -0.05) is 24.3 Å². The maximum atomic E-state index is 12.5. The quantitative estimate of drug-likeness (QED) is 0.831. The van der Waals surface area contributed by atoms with Crippen LogP contribution in [0.15, 0.2) is 46.3 Å². The van der Waals surface area contributed by atoms with Crippen LogP contribution in [0.5, 0.6) is 0 Å². The zero-order valence-electron chi connectivity index (χ0n) is 13.1. The molecule has 0 fully saturated rings. The number of benzene rings is 2. The number of aliphatic imine (C=N–C) groups is 1. The highest BCUT2D eigenvalue weighted by Crippen LogP contribution is 2.29. The standard InChI is InChI=1S/C16H21N3O2S/c1-4-17-11-12-18-22(20,21)16-10-6-7-13-14(16)8-5-9-15(13)19(2)3/h5-11,18H,4,12H2,1-3H3. The average Bonchev–Trinajstić information content (AvgIpc) is 2.50. The third-order valence-electron chi connectivity index (χ3n) is 3.31. The first-order valence-corrected chi connectivity index (χ1v) is 8.62. The molecule has 0 aliphatic carbocycles. The molecule has 22 heavy (non-hydrogen) atoms. The minimum Gasteiger partial charge on any atom is -0.377 e. The van der Waals surface area contributed by atoms with E-state index >= 15 is 0 Å². The Morgan fingerprint density at radius 3 is 2.50 bits per heavy atom. The Labute approximate surface area is 131 Å². The van der Waals surface area contributed by atoms with Crippen LogP contribution in [-0.4, -0.2) is 41.8 Å². The van der Waals surface area contributed by atoms with E-state index in [2.05, 4.69) is 9.71 Å². The maximum Gasteiger partial charge on any atom is 0.241 e. The van der Waals surface area contributed by atoms with Gasteiger partial charge in [0.25, 0.3) is 0 Å². The summed E-state index contributed by atoms with van der Waals surface area (Å²) in [4.78, 5) is 6.27. The first-order valence-electron chi connectivity index (χ1n) is 7.14. The van der Waals surface area contributed by atoms with Crippen LogP contribution in [0, 0.1) is 0 Å². The first kappa shape index (κ1) is 16.5. The van der Waals surface area contributed by atoms with Crippen molar-refractivity contribution in [2.75, 3.05) is 32.1 Å². The maximum absolute atomic E-state index is 12.5. The van der Waals surface area contributed by atoms with E-state index in [0.717, 1.165) is 11.1 Å². The number of rotatable bonds is 6. The molecule has 0 bridgehead atoms. The number of hydrogen-bond donors (Lipinski definition) is 1. The van der Waals surface area contributed by atoms with Gasteiger partial charge in [0.05, 0.1) is 4.90 Å². The molecule has 0 radical (unpaired) electrons. The second kappa shape index (κ2) is 6.89. The molecule has 2 rings (SSSR count). The monoisotopic (exact) mass is 319 g/mol. The van der Waals surface area contributed by atoms with Crippen LogP contribution >= 0.6 is 0 Å². The summed E-state index contributed by atoms with van der Waals surface area (Å²) < 4.78 is 27.6. The van der Waals surface area contributed by atoms with Crippen molar-refractivity contribution in [3.63, 3.8) is 0 Å². The topological polar surface area (TPSA) is 61.8 Å². The summed E-state index contributed by atoms with van der Waals surface area (Å²) >= 11 is 0. The summed E-state index contributed by atoms with van der Waals surface area (Å²) in [6.45, 7) is 2.74. The van der Waals surface area contributed by atoms with Crippen molar-refractivity contribution in [1.82, 2.24) is 4.72 Å². The summed E-state index contributed by atoms with van der Waals surface area (Å²) in [6.07, 6.45) is 1.58. The molecule has 0 aliphatic rings. The van der Waals surface area contributed by atoms with Crippen LogP contribution in [0.4, 0.5) is 5.69 Å². The van der Waals surface area contributed by atoms with Crippen LogP contribution in [-0.2, 0) is 10.0 Å². The fourth-order valence-corrected chi connectivity index (χ4v) is 3.48. The van der Waals surface area contributed by atoms with E-state index in [4.69, 9.17) is 0 Å². The van der Waals surface area contributed by atoms with E-state index < -0.39 is 10.0 Å². The zero-order chi connectivity index (χ0) is 16.2. The largest absolute Gasteiger partial charge is 0.377 e. The predicted molar refractivity (Wildman–Crippen MR) is 92.5 cm³/mol. The van der Waals surface area contributed by atoms with Crippen molar-refractivity contribution < 1.29 is 8.42 Å². The molecule has 0 atom stereocenters. The third-order valence-corrected chi connectivity index (χ3v) is 4.79. The summed E-state index contributed by atoms with van der Waals surface area (Å²) in [5.41, 5.74) is 0.988. The Hall–Kier alpha value is -1.92. The molecule has 6 heteroatoms. The fourth-order valence-electron chi connectivity index (χ4n) is 2.31. The van der Waals surface area contributed by atoms with Crippen molar-refractivity contribution in [2.45, 2.75) is 11.8 Å². The Kier molecular flexibility index (Phi) is 5.15. The number of hydrogen-bond acceptors (Lipinski definition) is 4. The molecule has 0 saturated heterocycles. The van der Waals surface area contributed by atoms with Crippen LogP contribution in [0.25, 0.3) is 10.8 Å². The molecule has 0 heterocycles. The number of sulfonamides is 1. The molecular weight excluding hydrogens is 298 g/mol. The van der Waals surface area contributed by atoms with Gasteiger partial charge in [-0.3, -0.25) is 4.99 Å². The van der Waals surface area contributed by atoms with Crippen LogP contribution < -0.4 is 9.62 Å². The second-order valence-electron chi connectivity index (χ2n) is 5.06. The molecule has 118 valence electrons. The van der Waals surface area contributed by atoms with Gasteiger partial charge >= 0.3 is 0 Å². The van der Waals surface area contributed by atoms with E-state index in [9.17, 15) is 8.42 Å². The highest BCUT2D eigenvalue weighted by molar-refractivity contribution is 7.89. The minimum absolute atomic E-state index is 0.194. The molecule has 0 aliphatic heterocycles. The number of fused-ring (bicyclic) bond motifs is 1. The van der Waals surface area contributed by atoms with E-state index in [1.54, 1.807) is 18.3 Å². The van der Waals surface area contributed by atoms with Gasteiger partial charge in [0, 0.05) is 49.9 Å². The average molecular weight is 319 g/mol. The Balaban J connectivity index is 2.47. The van der Waals surface area contributed by atoms with Crippen molar-refractivity contribution in [2.24, 2.45) is 4.99 Å². The van der Waals surface area contributed by atoms with Gasteiger partial charge in [0.15, 0.2) is 0 Å². The van der Waals surface area contributed by atoms with E-state index in [1.807, 2.05) is 50.2 Å². The number of nitrogens with one attached hydrogen (secondary N) is 1. The zero-order valence-corrected chi connectivity index (χ0v) is 13.9. The van der Waals surface area contributed by atoms with Crippen molar-refractivity contribution in [3.8, 4) is 0 Å². The number of nitrogens with zero attached hydrogens (tertiary/aromatic N) is 2. The lowest BCUT2D eigenvalue weighted by Crippen LogP contribution is -2.25. The normalized spacial score (nSPS) is 12.1. The molecule has 1 N–H and O–H groups in total. The summed E-state index contributed by atoms with van der Waals surface area (Å²) in [6, 6.07) is 11.0. The first-order chi connectivity index (χ1) is 10.5. The predicted octanol–water partition coefficient (Wildman–Crippen LogP) is 2.27. The molecule has 0 saturated carbocycles. The Bertz CT molecular complexity index is 783. The van der Waals surface area contributed by atoms with Crippen LogP contribution in [0.2, 0.25) is 0 Å². The van der Waals surface area contributed by atoms with Gasteiger partial charge in [-0.15, -0.1) is 0 Å². The van der Waals surface area contributed by atoms with Crippen molar-refractivity contribution in [1.29, 1.82) is 0 Å². The summed E-state index contributed by atoms with van der Waals surface area (Å²) in [7, 11) is 0.310. The lowest BCUT2D eigenvalue weighted by atomic mass is 10.1. The Morgan fingerprint density at radius 2 is 1.82 bits per heavy atom. The van der Waals surface area contributed by atoms with Gasteiger partial charge in [0.1, 0.15) is 0 Å². The van der Waals surface area contributed by atoms with E-state index in [1.165, 1.54) is 0 Å². The smallest absolute Gasteiger partial charge is 0.241 e. The molecule has 5 nitrogen and oxygen atoms in total. The molecular formula is C16H21N3O2S. The molecule has 2 aromatic rings. The fraction of sp³-hybridized carbons (Fsp3) is 0.312. The van der Waals surface area contributed by atoms with Gasteiger partial charge in [-0.05, 0) is 19.1 Å². The summed E-state index contributed by atoms with van der Waals surface area (Å²) in [5, 5.41) is 1.63. The third kappa shape index (κ3) is 3.45. The number of anilines is 1. The molecule has 0 unspecified atom stereocenters. The van der Waals surface area contributed by atoms with E-state index in [-0.39, 0.29) is 6.54 Å². The lowest BCUT2D eigenvalue weighted by Gasteiger charge is -2.17. The minimum atomic E-state index is -3.57. The molecule has 0 spiro atoms. The van der Waals surface area contributed by atoms with Crippen molar-refractivity contribution >= 4 is 32.7 Å². The van der Waals surface area contributed by atoms with Gasteiger partial charge < -0.3 is 4.90 Å². The molecule has 0 amide bonds. The SMILES string of the molecule is CCN=CCNS(=O)(=O)c1cccc2c(N(C)C)cccc12. The second-order valence-corrected chi connectivity index (χ2v) is 6.79. The van der Waals surface area contributed by atoms with Gasteiger partial charge in [0.2, 0.25) is 10.0 Å².